The molecule has 0 saturated carbocycles. The summed E-state index contributed by atoms with van der Waals surface area (Å²) in [6.45, 7) is 3.70. The van der Waals surface area contributed by atoms with Gasteiger partial charge in [-0.2, -0.15) is 0 Å². The number of hydrogen-bond donors (Lipinski definition) is 5. The predicted octanol–water partition coefficient (Wildman–Crippen LogP) is 0.610. The van der Waals surface area contributed by atoms with Crippen molar-refractivity contribution in [2.45, 2.75) is 31.7 Å². The lowest BCUT2D eigenvalue weighted by Gasteiger charge is -2.40. The fourth-order valence-corrected chi connectivity index (χ4v) is 2.34. The summed E-state index contributed by atoms with van der Waals surface area (Å²) in [6.07, 6.45) is 0.397. The number of hydrogen-bond acceptors (Lipinski definition) is 5. The minimum atomic E-state index is -1.04. The van der Waals surface area contributed by atoms with Gasteiger partial charge >= 0.3 is 0 Å². The van der Waals surface area contributed by atoms with Gasteiger partial charge in [0.15, 0.2) is 0 Å². The lowest BCUT2D eigenvalue weighted by atomic mass is 9.87. The SMILES string of the molecule is CNC(C)(O)CC(NC)(NC)c1cc(O)ccc1C. The Morgan fingerprint density at radius 2 is 1.68 bits per heavy atom. The first-order valence-corrected chi connectivity index (χ1v) is 6.39. The van der Waals surface area contributed by atoms with E-state index in [2.05, 4.69) is 16.0 Å². The van der Waals surface area contributed by atoms with E-state index in [-0.39, 0.29) is 5.75 Å². The van der Waals surface area contributed by atoms with E-state index in [0.29, 0.717) is 6.42 Å². The van der Waals surface area contributed by atoms with Gasteiger partial charge < -0.3 is 10.2 Å². The number of phenols is 1. The highest BCUT2D eigenvalue weighted by atomic mass is 16.3. The summed E-state index contributed by atoms with van der Waals surface area (Å²) in [4.78, 5) is 0. The molecule has 1 rings (SSSR count). The average molecular weight is 267 g/mol. The molecule has 1 aromatic carbocycles. The number of nitrogens with one attached hydrogen (secondary N) is 3. The summed E-state index contributed by atoms with van der Waals surface area (Å²) in [6, 6.07) is 5.24. The van der Waals surface area contributed by atoms with Crippen molar-refractivity contribution in [3.8, 4) is 5.75 Å². The maximum Gasteiger partial charge on any atom is 0.116 e. The standard InChI is InChI=1S/C14H25N3O2/c1-10-6-7-11(18)8-12(10)14(16-4,17-5)9-13(2,19)15-3/h6-8,15-19H,9H2,1-5H3. The van der Waals surface area contributed by atoms with Crippen molar-refractivity contribution in [1.29, 1.82) is 0 Å². The Morgan fingerprint density at radius 3 is 2.16 bits per heavy atom. The smallest absolute Gasteiger partial charge is 0.116 e. The molecule has 0 aliphatic heterocycles. The molecule has 108 valence electrons. The molecule has 0 spiro atoms. The number of benzene rings is 1. The molecule has 19 heavy (non-hydrogen) atoms. The summed E-state index contributed by atoms with van der Waals surface area (Å²) in [7, 11) is 5.36. The highest BCUT2D eigenvalue weighted by Crippen LogP contribution is 2.31. The molecular weight excluding hydrogens is 242 g/mol. The first kappa shape index (κ1) is 15.9. The van der Waals surface area contributed by atoms with E-state index < -0.39 is 11.4 Å². The van der Waals surface area contributed by atoms with Gasteiger partial charge in [0.05, 0.1) is 5.66 Å². The highest BCUT2D eigenvalue weighted by Gasteiger charge is 2.37. The largest absolute Gasteiger partial charge is 0.508 e. The van der Waals surface area contributed by atoms with Gasteiger partial charge in [0.1, 0.15) is 11.5 Å². The van der Waals surface area contributed by atoms with Crippen LogP contribution in [0.2, 0.25) is 0 Å². The van der Waals surface area contributed by atoms with Crippen LogP contribution in [0.1, 0.15) is 24.5 Å². The normalized spacial score (nSPS) is 15.3. The summed E-state index contributed by atoms with van der Waals surface area (Å²) in [5, 5.41) is 29.3. The number of aromatic hydroxyl groups is 1. The molecule has 0 aliphatic rings. The average Bonchev–Trinajstić information content (AvgIpc) is 2.39. The maximum atomic E-state index is 10.3. The van der Waals surface area contributed by atoms with Crippen molar-refractivity contribution in [2.24, 2.45) is 0 Å². The van der Waals surface area contributed by atoms with Gasteiger partial charge in [-0.15, -0.1) is 0 Å². The van der Waals surface area contributed by atoms with E-state index >= 15 is 0 Å². The molecule has 0 bridgehead atoms. The molecule has 1 aromatic rings. The van der Waals surface area contributed by atoms with Crippen molar-refractivity contribution in [3.05, 3.63) is 29.3 Å². The third kappa shape index (κ3) is 3.45. The Morgan fingerprint density at radius 1 is 1.11 bits per heavy atom. The van der Waals surface area contributed by atoms with Gasteiger partial charge in [-0.25, -0.2) is 0 Å². The summed E-state index contributed by atoms with van der Waals surface area (Å²) >= 11 is 0. The Bertz CT molecular complexity index is 429. The van der Waals surface area contributed by atoms with Crippen molar-refractivity contribution in [3.63, 3.8) is 0 Å². The molecule has 5 heteroatoms. The van der Waals surface area contributed by atoms with Gasteiger partial charge in [0.25, 0.3) is 0 Å². The molecule has 1 atom stereocenters. The molecule has 0 heterocycles. The van der Waals surface area contributed by atoms with Crippen molar-refractivity contribution >= 4 is 0 Å². The van der Waals surface area contributed by atoms with Crippen LogP contribution in [0.3, 0.4) is 0 Å². The molecule has 0 radical (unpaired) electrons. The van der Waals surface area contributed by atoms with E-state index in [0.717, 1.165) is 11.1 Å². The van der Waals surface area contributed by atoms with Gasteiger partial charge in [-0.1, -0.05) is 6.07 Å². The molecule has 5 N–H and O–H groups in total. The molecule has 0 aromatic heterocycles. The second kappa shape index (κ2) is 5.88. The quantitative estimate of drug-likeness (QED) is 0.488. The van der Waals surface area contributed by atoms with E-state index in [1.165, 1.54) is 0 Å². The Hall–Kier alpha value is -1.14. The third-order valence-corrected chi connectivity index (χ3v) is 3.68. The fraction of sp³-hybridized carbons (Fsp3) is 0.571. The van der Waals surface area contributed by atoms with Crippen LogP contribution in [-0.4, -0.2) is 37.1 Å². The first-order valence-electron chi connectivity index (χ1n) is 6.39. The number of aryl methyl sites for hydroxylation is 1. The summed E-state index contributed by atoms with van der Waals surface area (Å²) in [5.74, 6) is 0.208. The maximum absolute atomic E-state index is 10.3. The lowest BCUT2D eigenvalue weighted by Crippen LogP contribution is -2.58. The molecule has 5 nitrogen and oxygen atoms in total. The minimum absolute atomic E-state index is 0.208. The zero-order valence-corrected chi connectivity index (χ0v) is 12.3. The van der Waals surface area contributed by atoms with Crippen LogP contribution in [0.25, 0.3) is 0 Å². The molecule has 1 unspecified atom stereocenters. The van der Waals surface area contributed by atoms with E-state index in [9.17, 15) is 10.2 Å². The minimum Gasteiger partial charge on any atom is -0.508 e. The molecule has 0 amide bonds. The molecule has 0 saturated heterocycles. The van der Waals surface area contributed by atoms with E-state index in [1.807, 2.05) is 27.1 Å². The second-order valence-corrected chi connectivity index (χ2v) is 5.11. The van der Waals surface area contributed by atoms with Crippen molar-refractivity contribution < 1.29 is 10.2 Å². The van der Waals surface area contributed by atoms with Gasteiger partial charge in [0.2, 0.25) is 0 Å². The fourth-order valence-electron chi connectivity index (χ4n) is 2.34. The van der Waals surface area contributed by atoms with E-state index in [4.69, 9.17) is 0 Å². The highest BCUT2D eigenvalue weighted by molar-refractivity contribution is 5.39. The van der Waals surface area contributed by atoms with Gasteiger partial charge in [0, 0.05) is 6.42 Å². The van der Waals surface area contributed by atoms with Crippen LogP contribution < -0.4 is 16.0 Å². The lowest BCUT2D eigenvalue weighted by molar-refractivity contribution is -0.0113. The van der Waals surface area contributed by atoms with E-state index in [1.54, 1.807) is 26.1 Å². The van der Waals surface area contributed by atoms with Crippen molar-refractivity contribution in [1.82, 2.24) is 16.0 Å². The zero-order valence-electron chi connectivity index (χ0n) is 12.3. The summed E-state index contributed by atoms with van der Waals surface area (Å²) in [5.41, 5.74) is 0.278. The number of rotatable bonds is 6. The first-order chi connectivity index (χ1) is 8.80. The Labute approximate surface area is 115 Å². The predicted molar refractivity (Wildman–Crippen MR) is 76.9 cm³/mol. The molecule has 0 aliphatic carbocycles. The number of phenolic OH excluding ortho intramolecular Hbond substituents is 1. The second-order valence-electron chi connectivity index (χ2n) is 5.11. The monoisotopic (exact) mass is 267 g/mol. The van der Waals surface area contributed by atoms with Crippen LogP contribution in [0.5, 0.6) is 5.75 Å². The van der Waals surface area contributed by atoms with Gasteiger partial charge in [-0.3, -0.25) is 16.0 Å². The topological polar surface area (TPSA) is 76.5 Å². The van der Waals surface area contributed by atoms with Crippen LogP contribution >= 0.6 is 0 Å². The Balaban J connectivity index is 3.29. The Kier molecular flexibility index (Phi) is 4.92. The summed E-state index contributed by atoms with van der Waals surface area (Å²) < 4.78 is 0. The van der Waals surface area contributed by atoms with Crippen LogP contribution in [-0.2, 0) is 5.66 Å². The third-order valence-electron chi connectivity index (χ3n) is 3.68. The van der Waals surface area contributed by atoms with Crippen LogP contribution in [0.15, 0.2) is 18.2 Å². The van der Waals surface area contributed by atoms with Crippen LogP contribution in [0.4, 0.5) is 0 Å². The van der Waals surface area contributed by atoms with Crippen molar-refractivity contribution in [2.75, 3.05) is 21.1 Å². The molecule has 0 fully saturated rings. The molecular formula is C14H25N3O2. The van der Waals surface area contributed by atoms with Gasteiger partial charge in [-0.05, 0) is 58.3 Å². The van der Waals surface area contributed by atoms with Crippen LogP contribution in [0, 0.1) is 6.92 Å². The zero-order chi connectivity index (χ0) is 14.7. The number of aliphatic hydroxyl groups is 1.